The van der Waals surface area contributed by atoms with Crippen molar-refractivity contribution in [2.24, 2.45) is 5.92 Å². The van der Waals surface area contributed by atoms with Crippen LogP contribution in [0.4, 0.5) is 10.6 Å². The fraction of sp³-hybridized carbons (Fsp3) is 0.600. The molecule has 1 aromatic heterocycles. The molecule has 1 aromatic rings. The third kappa shape index (κ3) is 2.88. The number of anilines is 1. The van der Waals surface area contributed by atoms with Gasteiger partial charge in [0, 0.05) is 6.20 Å². The van der Waals surface area contributed by atoms with Crippen molar-refractivity contribution >= 4 is 17.9 Å². The van der Waals surface area contributed by atoms with Gasteiger partial charge in [-0.05, 0) is 18.9 Å². The lowest BCUT2D eigenvalue weighted by Crippen LogP contribution is -2.35. The van der Waals surface area contributed by atoms with E-state index in [-0.39, 0.29) is 24.3 Å². The lowest BCUT2D eigenvalue weighted by Gasteiger charge is -2.24. The van der Waals surface area contributed by atoms with Crippen LogP contribution in [0.15, 0.2) is 17.1 Å². The van der Waals surface area contributed by atoms with Gasteiger partial charge < -0.3 is 18.9 Å². The van der Waals surface area contributed by atoms with Crippen LogP contribution in [0.3, 0.4) is 0 Å². The van der Waals surface area contributed by atoms with Crippen LogP contribution in [0.5, 0.6) is 0 Å². The Morgan fingerprint density at radius 3 is 2.77 bits per heavy atom. The van der Waals surface area contributed by atoms with Crippen molar-refractivity contribution in [3.63, 3.8) is 0 Å². The van der Waals surface area contributed by atoms with Crippen LogP contribution in [0.1, 0.15) is 25.5 Å². The van der Waals surface area contributed by atoms with Gasteiger partial charge in [-0.1, -0.05) is 6.42 Å². The first-order chi connectivity index (χ1) is 12.6. The maximum Gasteiger partial charge on any atom is 0.509 e. The van der Waals surface area contributed by atoms with E-state index in [2.05, 4.69) is 4.98 Å². The van der Waals surface area contributed by atoms with Crippen molar-refractivity contribution in [2.75, 3.05) is 12.1 Å². The minimum Gasteiger partial charge on any atom is -0.463 e. The number of nitrogens with one attached hydrogen (secondary N) is 1. The molecule has 2 aliphatic heterocycles. The van der Waals surface area contributed by atoms with Crippen LogP contribution >= 0.6 is 0 Å². The molecule has 3 heterocycles. The number of carbonyl (C=O) groups excluding carboxylic acids is 2. The Hall–Kier alpha value is -2.66. The summed E-state index contributed by atoms with van der Waals surface area (Å²) in [6.07, 6.45) is -0.330. The molecule has 2 saturated heterocycles. The lowest BCUT2D eigenvalue weighted by molar-refractivity contribution is -0.158. The van der Waals surface area contributed by atoms with E-state index in [4.69, 9.17) is 24.2 Å². The molecule has 1 aliphatic carbocycles. The van der Waals surface area contributed by atoms with Gasteiger partial charge in [-0.2, -0.15) is 4.98 Å². The van der Waals surface area contributed by atoms with Crippen molar-refractivity contribution < 1.29 is 33.7 Å². The SMILES string of the molecule is O=C1O[C@@H]2[C@H](O1)[C@@H](COC(=O)C1CCC1)O[C@H]2n1ccc(NO)nc1=O. The zero-order chi connectivity index (χ0) is 18.3. The second-order valence-electron chi connectivity index (χ2n) is 6.35. The maximum atomic E-state index is 12.1. The normalized spacial score (nSPS) is 30.1. The molecule has 0 radical (unpaired) electrons. The fourth-order valence-electron chi connectivity index (χ4n) is 3.18. The summed E-state index contributed by atoms with van der Waals surface area (Å²) in [6.45, 7) is -0.109. The Labute approximate surface area is 146 Å². The van der Waals surface area contributed by atoms with E-state index in [1.165, 1.54) is 12.3 Å². The van der Waals surface area contributed by atoms with Gasteiger partial charge in [0.15, 0.2) is 24.3 Å². The third-order valence-electron chi connectivity index (χ3n) is 4.80. The number of carbonyl (C=O) groups is 2. The molecule has 0 bridgehead atoms. The fourth-order valence-corrected chi connectivity index (χ4v) is 3.18. The predicted molar refractivity (Wildman–Crippen MR) is 81.3 cm³/mol. The summed E-state index contributed by atoms with van der Waals surface area (Å²) in [6, 6.07) is 1.35. The van der Waals surface area contributed by atoms with Gasteiger partial charge in [0.1, 0.15) is 12.7 Å². The van der Waals surface area contributed by atoms with Crippen LogP contribution in [0.2, 0.25) is 0 Å². The highest BCUT2D eigenvalue weighted by atomic mass is 16.8. The Morgan fingerprint density at radius 1 is 1.35 bits per heavy atom. The number of rotatable bonds is 5. The molecule has 0 amide bonds. The topological polar surface area (TPSA) is 138 Å². The minimum atomic E-state index is -0.980. The number of ether oxygens (including phenoxy) is 4. The molecule has 11 nitrogen and oxygen atoms in total. The first-order valence-electron chi connectivity index (χ1n) is 8.25. The van der Waals surface area contributed by atoms with Crippen LogP contribution in [0, 0.1) is 5.92 Å². The summed E-state index contributed by atoms with van der Waals surface area (Å²) in [5.74, 6) is -0.426. The molecular weight excluding hydrogens is 350 g/mol. The Morgan fingerprint density at radius 2 is 2.12 bits per heavy atom. The van der Waals surface area contributed by atoms with E-state index in [1.54, 1.807) is 5.48 Å². The summed E-state index contributed by atoms with van der Waals surface area (Å²) >= 11 is 0. The van der Waals surface area contributed by atoms with E-state index in [0.29, 0.717) is 0 Å². The van der Waals surface area contributed by atoms with Crippen LogP contribution in [0.25, 0.3) is 0 Å². The molecule has 4 rings (SSSR count). The van der Waals surface area contributed by atoms with E-state index in [1.807, 2.05) is 0 Å². The van der Waals surface area contributed by atoms with Crippen LogP contribution in [-0.2, 0) is 23.7 Å². The number of hydrogen-bond donors (Lipinski definition) is 2. The van der Waals surface area contributed by atoms with E-state index in [9.17, 15) is 14.4 Å². The molecule has 26 heavy (non-hydrogen) atoms. The van der Waals surface area contributed by atoms with Gasteiger partial charge in [0.25, 0.3) is 0 Å². The van der Waals surface area contributed by atoms with E-state index < -0.39 is 36.4 Å². The van der Waals surface area contributed by atoms with Gasteiger partial charge in [-0.25, -0.2) is 9.59 Å². The molecule has 3 fully saturated rings. The summed E-state index contributed by atoms with van der Waals surface area (Å²) < 4.78 is 22.3. The highest BCUT2D eigenvalue weighted by Gasteiger charge is 2.55. The maximum absolute atomic E-state index is 12.1. The summed E-state index contributed by atoms with van der Waals surface area (Å²) in [5, 5.41) is 8.81. The van der Waals surface area contributed by atoms with Crippen molar-refractivity contribution in [3.05, 3.63) is 22.7 Å². The number of nitrogens with zero attached hydrogens (tertiary/aromatic N) is 2. The van der Waals surface area contributed by atoms with E-state index in [0.717, 1.165) is 23.8 Å². The Balaban J connectivity index is 1.50. The zero-order valence-electron chi connectivity index (χ0n) is 13.6. The van der Waals surface area contributed by atoms with Crippen molar-refractivity contribution in [2.45, 2.75) is 43.8 Å². The van der Waals surface area contributed by atoms with Gasteiger partial charge in [-0.15, -0.1) is 0 Å². The monoisotopic (exact) mass is 367 g/mol. The standard InChI is InChI=1S/C15H17N3O8/c19-13(7-2-1-3-7)23-6-8-10-11(26-15(21)25-10)12(24-8)18-5-4-9(17-22)16-14(18)20/h4-5,7-8,10-12,22H,1-3,6H2,(H,16,17,20)/t8-,10-,11-,12-/m1/s1. The molecule has 140 valence electrons. The van der Waals surface area contributed by atoms with E-state index >= 15 is 0 Å². The molecule has 0 unspecified atom stereocenters. The number of esters is 1. The first kappa shape index (κ1) is 16.8. The summed E-state index contributed by atoms with van der Waals surface area (Å²) in [4.78, 5) is 39.1. The molecular formula is C15H17N3O8. The van der Waals surface area contributed by atoms with Gasteiger partial charge in [0.2, 0.25) is 0 Å². The van der Waals surface area contributed by atoms with Crippen molar-refractivity contribution in [3.8, 4) is 0 Å². The third-order valence-corrected chi connectivity index (χ3v) is 4.80. The van der Waals surface area contributed by atoms with Crippen molar-refractivity contribution in [1.29, 1.82) is 0 Å². The smallest absolute Gasteiger partial charge is 0.463 e. The Kier molecular flexibility index (Phi) is 4.24. The molecule has 2 N–H and O–H groups in total. The zero-order valence-corrected chi connectivity index (χ0v) is 13.6. The molecule has 0 aromatic carbocycles. The van der Waals surface area contributed by atoms with Gasteiger partial charge >= 0.3 is 17.8 Å². The lowest BCUT2D eigenvalue weighted by atomic mass is 9.86. The summed E-state index contributed by atoms with van der Waals surface area (Å²) in [7, 11) is 0. The summed E-state index contributed by atoms with van der Waals surface area (Å²) in [5.41, 5.74) is 1.05. The molecule has 1 saturated carbocycles. The largest absolute Gasteiger partial charge is 0.509 e. The van der Waals surface area contributed by atoms with Crippen LogP contribution < -0.4 is 11.2 Å². The molecule has 11 heteroatoms. The quantitative estimate of drug-likeness (QED) is 0.547. The first-order valence-corrected chi connectivity index (χ1v) is 8.25. The van der Waals surface area contributed by atoms with Crippen molar-refractivity contribution in [1.82, 2.24) is 9.55 Å². The number of hydrogen-bond acceptors (Lipinski definition) is 10. The van der Waals surface area contributed by atoms with Gasteiger partial charge in [0.05, 0.1) is 5.92 Å². The molecule has 4 atom stereocenters. The van der Waals surface area contributed by atoms with Crippen LogP contribution in [-0.4, -0.2) is 51.8 Å². The average molecular weight is 367 g/mol. The minimum absolute atomic E-state index is 0.0357. The second kappa shape index (κ2) is 6.57. The number of aromatic nitrogens is 2. The predicted octanol–water partition coefficient (Wildman–Crippen LogP) is 0.189. The highest BCUT2D eigenvalue weighted by molar-refractivity contribution is 5.73. The second-order valence-corrected chi connectivity index (χ2v) is 6.35. The molecule has 3 aliphatic rings. The average Bonchev–Trinajstić information content (AvgIpc) is 3.09. The highest BCUT2D eigenvalue weighted by Crippen LogP contribution is 2.37. The van der Waals surface area contributed by atoms with Gasteiger partial charge in [-0.3, -0.25) is 20.0 Å². The number of fused-ring (bicyclic) bond motifs is 1. The molecule has 0 spiro atoms. The Bertz CT molecular complexity index is 776.